The van der Waals surface area contributed by atoms with Crippen molar-refractivity contribution in [3.63, 3.8) is 0 Å². The summed E-state index contributed by atoms with van der Waals surface area (Å²) in [7, 11) is 0. The Labute approximate surface area is 157 Å². The molecule has 1 amide bonds. The predicted octanol–water partition coefficient (Wildman–Crippen LogP) is 5.29. The van der Waals surface area contributed by atoms with Crippen LogP contribution in [0.4, 0.5) is 10.1 Å². The molecule has 1 atom stereocenters. The van der Waals surface area contributed by atoms with Crippen molar-refractivity contribution in [2.45, 2.75) is 63.7 Å². The fraction of sp³-hybridized carbons (Fsp3) is 0.556. The highest BCUT2D eigenvalue weighted by molar-refractivity contribution is 8.00. The maximum absolute atomic E-state index is 14.1. The second-order valence-electron chi connectivity index (χ2n) is 6.01. The van der Waals surface area contributed by atoms with Crippen LogP contribution in [0.2, 0.25) is 5.02 Å². The third kappa shape index (κ3) is 6.51. The topological polar surface area (TPSA) is 55.4 Å². The van der Waals surface area contributed by atoms with Gasteiger partial charge in [-0.2, -0.15) is 0 Å². The minimum absolute atomic E-state index is 0.0632. The number of anilines is 1. The second kappa shape index (κ2) is 10.0. The van der Waals surface area contributed by atoms with Crippen molar-refractivity contribution in [3.8, 4) is 0 Å². The van der Waals surface area contributed by atoms with Gasteiger partial charge < -0.3 is 10.1 Å². The van der Waals surface area contributed by atoms with Crippen LogP contribution in [0.5, 0.6) is 0 Å². The Hall–Kier alpha value is -1.27. The third-order valence-corrected chi connectivity index (χ3v) is 5.19. The molecule has 0 spiro atoms. The molecule has 0 radical (unpaired) electrons. The summed E-state index contributed by atoms with van der Waals surface area (Å²) in [6.45, 7) is 9.05. The second-order valence-corrected chi connectivity index (χ2v) is 7.80. The van der Waals surface area contributed by atoms with Gasteiger partial charge in [-0.1, -0.05) is 25.4 Å². The monoisotopic (exact) mass is 389 g/mol. The van der Waals surface area contributed by atoms with E-state index in [9.17, 15) is 14.0 Å². The molecule has 1 aromatic carbocycles. The van der Waals surface area contributed by atoms with Crippen LogP contribution in [0.3, 0.4) is 0 Å². The van der Waals surface area contributed by atoms with Gasteiger partial charge in [-0.25, -0.2) is 4.39 Å². The molecular weight excluding hydrogens is 365 g/mol. The van der Waals surface area contributed by atoms with Gasteiger partial charge in [0, 0.05) is 10.8 Å². The third-order valence-electron chi connectivity index (χ3n) is 3.62. The Bertz CT molecular complexity index is 621. The molecular formula is C18H25ClFNO3S. The molecule has 4 nitrogen and oxygen atoms in total. The lowest BCUT2D eigenvalue weighted by Gasteiger charge is -2.17. The molecule has 0 aliphatic rings. The van der Waals surface area contributed by atoms with Gasteiger partial charge in [0.1, 0.15) is 11.1 Å². The summed E-state index contributed by atoms with van der Waals surface area (Å²) in [5, 5.41) is 2.29. The average molecular weight is 390 g/mol. The first kappa shape index (κ1) is 21.8. The number of hydrogen-bond acceptors (Lipinski definition) is 4. The van der Waals surface area contributed by atoms with Crippen molar-refractivity contribution in [1.29, 1.82) is 0 Å². The largest absolute Gasteiger partial charge is 0.462 e. The number of carbonyl (C=O) groups excluding carboxylic acids is 2. The van der Waals surface area contributed by atoms with Gasteiger partial charge in [-0.3, -0.25) is 9.59 Å². The van der Waals surface area contributed by atoms with E-state index in [1.165, 1.54) is 17.8 Å². The fourth-order valence-corrected chi connectivity index (χ4v) is 3.35. The molecule has 0 fully saturated rings. The normalized spacial score (nSPS) is 12.4. The van der Waals surface area contributed by atoms with Gasteiger partial charge in [0.05, 0.1) is 16.8 Å². The van der Waals surface area contributed by atoms with E-state index in [2.05, 4.69) is 5.32 Å². The van der Waals surface area contributed by atoms with Crippen LogP contribution < -0.4 is 5.32 Å². The Balaban J connectivity index is 2.95. The first-order valence-electron chi connectivity index (χ1n) is 8.36. The first-order valence-corrected chi connectivity index (χ1v) is 9.62. The number of halogens is 2. The number of ether oxygens (including phenoxy) is 1. The number of esters is 1. The zero-order chi connectivity index (χ0) is 19.1. The fourth-order valence-electron chi connectivity index (χ4n) is 2.18. The minimum Gasteiger partial charge on any atom is -0.462 e. The maximum Gasteiger partial charge on any atom is 0.319 e. The van der Waals surface area contributed by atoms with Crippen LogP contribution >= 0.6 is 23.4 Å². The van der Waals surface area contributed by atoms with Crippen LogP contribution in [0.1, 0.15) is 47.5 Å². The van der Waals surface area contributed by atoms with Crippen LogP contribution in [0.15, 0.2) is 17.0 Å². The van der Waals surface area contributed by atoms with E-state index in [0.717, 1.165) is 6.07 Å². The molecule has 0 aromatic heterocycles. The van der Waals surface area contributed by atoms with E-state index < -0.39 is 11.1 Å². The molecule has 0 saturated heterocycles. The van der Waals surface area contributed by atoms with Crippen molar-refractivity contribution < 1.29 is 18.7 Å². The Kier molecular flexibility index (Phi) is 8.73. The predicted molar refractivity (Wildman–Crippen MR) is 101 cm³/mol. The number of amides is 1. The Morgan fingerprint density at radius 2 is 1.84 bits per heavy atom. The molecule has 1 N–H and O–H groups in total. The molecule has 0 aliphatic carbocycles. The lowest BCUT2D eigenvalue weighted by Crippen LogP contribution is -2.22. The standard InChI is InChI=1S/C18H25ClFNO3S/c1-6-12(7-2)17(22)21-15-9-16(13(19)8-14(15)20)25-11(5)18(23)24-10(3)4/h8-12H,6-7H2,1-5H3,(H,21,22). The first-order chi connectivity index (χ1) is 11.7. The highest BCUT2D eigenvalue weighted by Gasteiger charge is 2.21. The van der Waals surface area contributed by atoms with Crippen molar-refractivity contribution in [2.24, 2.45) is 5.92 Å². The van der Waals surface area contributed by atoms with E-state index in [-0.39, 0.29) is 34.6 Å². The van der Waals surface area contributed by atoms with Crippen LogP contribution in [0, 0.1) is 11.7 Å². The van der Waals surface area contributed by atoms with E-state index in [4.69, 9.17) is 16.3 Å². The number of rotatable bonds is 8. The number of hydrogen-bond donors (Lipinski definition) is 1. The van der Waals surface area contributed by atoms with E-state index >= 15 is 0 Å². The van der Waals surface area contributed by atoms with Gasteiger partial charge in [0.25, 0.3) is 0 Å². The summed E-state index contributed by atoms with van der Waals surface area (Å²) in [6, 6.07) is 2.61. The van der Waals surface area contributed by atoms with Gasteiger partial charge in [-0.15, -0.1) is 11.8 Å². The summed E-state index contributed by atoms with van der Waals surface area (Å²) in [6.07, 6.45) is 1.14. The van der Waals surface area contributed by atoms with Crippen LogP contribution in [0.25, 0.3) is 0 Å². The highest BCUT2D eigenvalue weighted by Crippen LogP contribution is 2.35. The average Bonchev–Trinajstić information content (AvgIpc) is 2.52. The number of nitrogens with one attached hydrogen (secondary N) is 1. The summed E-state index contributed by atoms with van der Waals surface area (Å²) in [5.74, 6) is -1.38. The minimum atomic E-state index is -0.605. The van der Waals surface area contributed by atoms with E-state index in [0.29, 0.717) is 17.7 Å². The molecule has 0 bridgehead atoms. The zero-order valence-electron chi connectivity index (χ0n) is 15.2. The molecule has 25 heavy (non-hydrogen) atoms. The van der Waals surface area contributed by atoms with E-state index in [1.54, 1.807) is 20.8 Å². The lowest BCUT2D eigenvalue weighted by molar-refractivity contribution is -0.146. The van der Waals surface area contributed by atoms with Gasteiger partial charge >= 0.3 is 5.97 Å². The summed E-state index contributed by atoms with van der Waals surface area (Å²) >= 11 is 7.25. The van der Waals surface area contributed by atoms with Crippen LogP contribution in [-0.4, -0.2) is 23.2 Å². The lowest BCUT2D eigenvalue weighted by atomic mass is 10.0. The highest BCUT2D eigenvalue weighted by atomic mass is 35.5. The molecule has 7 heteroatoms. The Morgan fingerprint density at radius 3 is 2.36 bits per heavy atom. The molecule has 0 heterocycles. The van der Waals surface area contributed by atoms with Gasteiger partial charge in [0.2, 0.25) is 5.91 Å². The molecule has 1 aromatic rings. The van der Waals surface area contributed by atoms with Crippen molar-refractivity contribution in [1.82, 2.24) is 0 Å². The van der Waals surface area contributed by atoms with Crippen molar-refractivity contribution in [2.75, 3.05) is 5.32 Å². The summed E-state index contributed by atoms with van der Waals surface area (Å²) < 4.78 is 19.3. The molecule has 0 aliphatic heterocycles. The van der Waals surface area contributed by atoms with Crippen LogP contribution in [-0.2, 0) is 14.3 Å². The zero-order valence-corrected chi connectivity index (χ0v) is 16.8. The molecule has 0 saturated carbocycles. The number of thioether (sulfide) groups is 1. The molecule has 140 valence electrons. The quantitative estimate of drug-likeness (QED) is 0.485. The van der Waals surface area contributed by atoms with Gasteiger partial charge in [-0.05, 0) is 45.7 Å². The number of carbonyl (C=O) groups is 2. The summed E-state index contributed by atoms with van der Waals surface area (Å²) in [4.78, 5) is 24.6. The van der Waals surface area contributed by atoms with Gasteiger partial charge in [0.15, 0.2) is 0 Å². The van der Waals surface area contributed by atoms with Crippen molar-refractivity contribution in [3.05, 3.63) is 23.0 Å². The van der Waals surface area contributed by atoms with Crippen molar-refractivity contribution >= 4 is 40.9 Å². The maximum atomic E-state index is 14.1. The smallest absolute Gasteiger partial charge is 0.319 e. The molecule has 1 unspecified atom stereocenters. The summed E-state index contributed by atoms with van der Waals surface area (Å²) in [5.41, 5.74) is 0.0632. The Morgan fingerprint density at radius 1 is 1.24 bits per heavy atom. The molecule has 1 rings (SSSR count). The SMILES string of the molecule is CCC(CC)C(=O)Nc1cc(SC(C)C(=O)OC(C)C)c(Cl)cc1F. The number of benzene rings is 1. The van der Waals surface area contributed by atoms with E-state index in [1.807, 2.05) is 13.8 Å².